The summed E-state index contributed by atoms with van der Waals surface area (Å²) in [5.41, 5.74) is 4.67. The highest BCUT2D eigenvalue weighted by Gasteiger charge is 2.35. The normalized spacial score (nSPS) is 15.7. The minimum absolute atomic E-state index is 0.0668. The van der Waals surface area contributed by atoms with Crippen molar-refractivity contribution in [2.75, 3.05) is 0 Å². The van der Waals surface area contributed by atoms with Crippen molar-refractivity contribution in [2.45, 2.75) is 45.1 Å². The van der Waals surface area contributed by atoms with Crippen LogP contribution < -0.4 is 5.73 Å². The number of nitrogens with two attached hydrogens (primary N) is 1. The van der Waals surface area contributed by atoms with Gasteiger partial charge >= 0.3 is 5.97 Å². The molecule has 1 aromatic carbocycles. The Kier molecular flexibility index (Phi) is 5.62. The van der Waals surface area contributed by atoms with Crippen LogP contribution in [-0.2, 0) is 10.3 Å². The Bertz CT molecular complexity index is 479. The van der Waals surface area contributed by atoms with E-state index in [2.05, 4.69) is 0 Å². The summed E-state index contributed by atoms with van der Waals surface area (Å²) in [6.07, 6.45) is 1.65. The van der Waals surface area contributed by atoms with Gasteiger partial charge in [-0.25, -0.2) is 8.78 Å². The molecule has 0 spiro atoms. The Morgan fingerprint density at radius 2 is 2.10 bits per heavy atom. The third-order valence-corrected chi connectivity index (χ3v) is 3.45. The number of halogens is 2. The van der Waals surface area contributed by atoms with Gasteiger partial charge in [0.2, 0.25) is 0 Å². The second kappa shape index (κ2) is 6.79. The predicted octanol–water partition coefficient (Wildman–Crippen LogP) is 3.42. The van der Waals surface area contributed by atoms with Crippen molar-refractivity contribution in [3.05, 3.63) is 35.4 Å². The molecule has 2 atom stereocenters. The van der Waals surface area contributed by atoms with Gasteiger partial charge in [-0.15, -0.1) is 0 Å². The molecule has 0 radical (unpaired) electrons. The highest BCUT2D eigenvalue weighted by Crippen LogP contribution is 2.33. The molecule has 0 heterocycles. The van der Waals surface area contributed by atoms with Crippen molar-refractivity contribution in [3.63, 3.8) is 0 Å². The molecular formula is C15H21F2NO2. The summed E-state index contributed by atoms with van der Waals surface area (Å²) in [4.78, 5) is 11.0. The van der Waals surface area contributed by atoms with E-state index in [1.54, 1.807) is 0 Å². The number of carboxylic acid groups (broad SMARTS) is 1. The molecule has 0 amide bonds. The first-order valence-corrected chi connectivity index (χ1v) is 6.75. The van der Waals surface area contributed by atoms with Gasteiger partial charge < -0.3 is 10.8 Å². The van der Waals surface area contributed by atoms with Crippen molar-refractivity contribution in [1.82, 2.24) is 0 Å². The number of carbonyl (C=O) groups is 1. The van der Waals surface area contributed by atoms with Crippen LogP contribution in [0.1, 0.15) is 45.1 Å². The molecule has 0 aromatic heterocycles. The summed E-state index contributed by atoms with van der Waals surface area (Å²) in [5, 5.41) is 9.02. The smallest absolute Gasteiger partial charge is 0.305 e. The molecule has 3 N–H and O–H groups in total. The summed E-state index contributed by atoms with van der Waals surface area (Å²) in [5.74, 6) is -3.06. The zero-order valence-electron chi connectivity index (χ0n) is 11.8. The Labute approximate surface area is 117 Å². The molecule has 0 aliphatic carbocycles. The number of hydrogen-bond donors (Lipinski definition) is 2. The van der Waals surface area contributed by atoms with E-state index in [0.29, 0.717) is 6.42 Å². The van der Waals surface area contributed by atoms with Crippen LogP contribution in [0.5, 0.6) is 0 Å². The van der Waals surface area contributed by atoms with Crippen molar-refractivity contribution >= 4 is 5.97 Å². The summed E-state index contributed by atoms with van der Waals surface area (Å²) >= 11 is 0. The van der Waals surface area contributed by atoms with Gasteiger partial charge in [0.15, 0.2) is 11.6 Å². The summed E-state index contributed by atoms with van der Waals surface area (Å²) in [6.45, 7) is 3.94. The molecule has 112 valence electrons. The van der Waals surface area contributed by atoms with Crippen molar-refractivity contribution in [1.29, 1.82) is 0 Å². The number of rotatable bonds is 7. The van der Waals surface area contributed by atoms with Gasteiger partial charge in [-0.2, -0.15) is 0 Å². The van der Waals surface area contributed by atoms with Crippen LogP contribution >= 0.6 is 0 Å². The van der Waals surface area contributed by atoms with Crippen molar-refractivity contribution in [3.8, 4) is 0 Å². The second-order valence-corrected chi connectivity index (χ2v) is 5.43. The SMILES string of the molecule is CCC[C@H](C)C[C@](N)(CC(=O)O)c1cccc(F)c1F. The van der Waals surface area contributed by atoms with Crippen LogP contribution in [0.15, 0.2) is 18.2 Å². The molecule has 3 nitrogen and oxygen atoms in total. The zero-order chi connectivity index (χ0) is 15.3. The minimum atomic E-state index is -1.40. The fourth-order valence-corrected chi connectivity index (χ4v) is 2.65. The summed E-state index contributed by atoms with van der Waals surface area (Å²) in [6, 6.07) is 3.71. The molecule has 0 unspecified atom stereocenters. The topological polar surface area (TPSA) is 63.3 Å². The lowest BCUT2D eigenvalue weighted by Crippen LogP contribution is -2.41. The fourth-order valence-electron chi connectivity index (χ4n) is 2.65. The van der Waals surface area contributed by atoms with Crippen molar-refractivity contribution in [2.24, 2.45) is 11.7 Å². The standard InChI is InChI=1S/C15H21F2NO2/c1-3-5-10(2)8-15(18,9-13(19)20)11-6-4-7-12(16)14(11)17/h4,6-7,10H,3,5,8-9,18H2,1-2H3,(H,19,20)/t10-,15-/m0/s1. The van der Waals surface area contributed by atoms with E-state index in [0.717, 1.165) is 18.9 Å². The number of aliphatic carboxylic acids is 1. The summed E-state index contributed by atoms with van der Waals surface area (Å²) in [7, 11) is 0. The molecule has 1 rings (SSSR count). The molecule has 0 fully saturated rings. The van der Waals surface area contributed by atoms with Crippen LogP contribution in [0, 0.1) is 17.6 Å². The molecule has 0 aliphatic heterocycles. The third kappa shape index (κ3) is 4.00. The largest absolute Gasteiger partial charge is 0.481 e. The highest BCUT2D eigenvalue weighted by atomic mass is 19.2. The van der Waals surface area contributed by atoms with E-state index < -0.39 is 29.6 Å². The minimum Gasteiger partial charge on any atom is -0.481 e. The van der Waals surface area contributed by atoms with Crippen LogP contribution in [0.3, 0.4) is 0 Å². The van der Waals surface area contributed by atoms with Gasteiger partial charge in [-0.3, -0.25) is 4.79 Å². The maximum absolute atomic E-state index is 13.9. The quantitative estimate of drug-likeness (QED) is 0.807. The van der Waals surface area contributed by atoms with Gasteiger partial charge in [-0.1, -0.05) is 38.8 Å². The van der Waals surface area contributed by atoms with Gasteiger partial charge in [0, 0.05) is 5.56 Å². The first kappa shape index (κ1) is 16.6. The lowest BCUT2D eigenvalue weighted by Gasteiger charge is -2.31. The monoisotopic (exact) mass is 285 g/mol. The van der Waals surface area contributed by atoms with E-state index in [1.165, 1.54) is 12.1 Å². The van der Waals surface area contributed by atoms with Gasteiger partial charge in [0.25, 0.3) is 0 Å². The summed E-state index contributed by atoms with van der Waals surface area (Å²) < 4.78 is 27.3. The van der Waals surface area contributed by atoms with E-state index in [-0.39, 0.29) is 11.5 Å². The first-order valence-electron chi connectivity index (χ1n) is 6.75. The lowest BCUT2D eigenvalue weighted by molar-refractivity contribution is -0.138. The molecule has 20 heavy (non-hydrogen) atoms. The molecule has 5 heteroatoms. The van der Waals surface area contributed by atoms with Crippen molar-refractivity contribution < 1.29 is 18.7 Å². The van der Waals surface area contributed by atoms with E-state index >= 15 is 0 Å². The molecular weight excluding hydrogens is 264 g/mol. The predicted molar refractivity (Wildman–Crippen MR) is 73.2 cm³/mol. The molecule has 1 aromatic rings. The highest BCUT2D eigenvalue weighted by molar-refractivity contribution is 5.69. The van der Waals surface area contributed by atoms with E-state index in [9.17, 15) is 13.6 Å². The Hall–Kier alpha value is -1.49. The molecule has 0 saturated carbocycles. The molecule has 0 aliphatic rings. The average Bonchev–Trinajstić information content (AvgIpc) is 2.31. The second-order valence-electron chi connectivity index (χ2n) is 5.43. The van der Waals surface area contributed by atoms with E-state index in [4.69, 9.17) is 10.8 Å². The van der Waals surface area contributed by atoms with Crippen LogP contribution in [-0.4, -0.2) is 11.1 Å². The average molecular weight is 285 g/mol. The zero-order valence-corrected chi connectivity index (χ0v) is 11.8. The van der Waals surface area contributed by atoms with Crippen LogP contribution in [0.2, 0.25) is 0 Å². The molecule has 0 saturated heterocycles. The third-order valence-electron chi connectivity index (χ3n) is 3.45. The van der Waals surface area contributed by atoms with Gasteiger partial charge in [0.05, 0.1) is 12.0 Å². The van der Waals surface area contributed by atoms with Crippen LogP contribution in [0.25, 0.3) is 0 Å². The fraction of sp³-hybridized carbons (Fsp3) is 0.533. The van der Waals surface area contributed by atoms with Gasteiger partial charge in [-0.05, 0) is 18.4 Å². The number of benzene rings is 1. The Morgan fingerprint density at radius 1 is 1.45 bits per heavy atom. The van der Waals surface area contributed by atoms with E-state index in [1.807, 2.05) is 13.8 Å². The van der Waals surface area contributed by atoms with Gasteiger partial charge in [0.1, 0.15) is 0 Å². The lowest BCUT2D eigenvalue weighted by atomic mass is 9.79. The Morgan fingerprint density at radius 3 is 2.65 bits per heavy atom. The Balaban J connectivity index is 3.16. The maximum atomic E-state index is 13.9. The number of hydrogen-bond acceptors (Lipinski definition) is 2. The molecule has 0 bridgehead atoms. The van der Waals surface area contributed by atoms with Crippen LogP contribution in [0.4, 0.5) is 8.78 Å². The number of carboxylic acids is 1. The maximum Gasteiger partial charge on any atom is 0.305 e. The first-order chi connectivity index (χ1) is 9.30.